The van der Waals surface area contributed by atoms with E-state index in [4.69, 9.17) is 18.6 Å². The number of carbonyl (C=O) groups excluding carboxylic acids is 1. The highest BCUT2D eigenvalue weighted by molar-refractivity contribution is 8.13. The van der Waals surface area contributed by atoms with Crippen LogP contribution in [0.4, 0.5) is 0 Å². The monoisotopic (exact) mass is 289 g/mol. The zero-order chi connectivity index (χ0) is 14.1. The Morgan fingerprint density at radius 2 is 1.59 bits per heavy atom. The molecule has 0 spiro atoms. The van der Waals surface area contributed by atoms with Crippen molar-refractivity contribution in [1.29, 1.82) is 0 Å². The van der Waals surface area contributed by atoms with E-state index < -0.39 is 10.2 Å². The molecular weight excluding hydrogens is 270 g/mol. The Bertz CT molecular complexity index is 208. The Morgan fingerprint density at radius 3 is 1.88 bits per heavy atom. The molecule has 0 rings (SSSR count). The third-order valence-corrected chi connectivity index (χ3v) is 2.39. The van der Waals surface area contributed by atoms with Crippen LogP contribution in [0.5, 0.6) is 0 Å². The summed E-state index contributed by atoms with van der Waals surface area (Å²) in [4.78, 5) is 11.1. The average Bonchev–Trinajstić information content (AvgIpc) is 1.98. The van der Waals surface area contributed by atoms with E-state index in [0.29, 0.717) is 5.12 Å². The van der Waals surface area contributed by atoms with Crippen molar-refractivity contribution in [3.63, 3.8) is 0 Å². The van der Waals surface area contributed by atoms with Crippen LogP contribution in [0.15, 0.2) is 0 Å². The van der Waals surface area contributed by atoms with Gasteiger partial charge in [0.15, 0.2) is 5.12 Å². The van der Waals surface area contributed by atoms with Crippen LogP contribution in [-0.2, 0) is 4.79 Å². The normalized spacial score (nSPS) is 11.8. The van der Waals surface area contributed by atoms with Gasteiger partial charge in [-0.15, -0.1) is 10.2 Å². The van der Waals surface area contributed by atoms with E-state index >= 15 is 0 Å². The smallest absolute Gasteiger partial charge is 0.189 e. The number of halogens is 1. The van der Waals surface area contributed by atoms with Crippen LogP contribution >= 0.6 is 11.8 Å². The minimum atomic E-state index is -4.94. The Hall–Kier alpha value is 0.110. The summed E-state index contributed by atoms with van der Waals surface area (Å²) in [5.74, 6) is 0.947. The molecule has 0 aliphatic carbocycles. The topological polar surface area (TPSA) is 109 Å². The van der Waals surface area contributed by atoms with Crippen LogP contribution in [0.25, 0.3) is 0 Å². The highest BCUT2D eigenvalue weighted by Crippen LogP contribution is 2.08. The molecule has 0 heterocycles. The molecule has 0 amide bonds. The molecule has 0 saturated heterocycles. The molecule has 0 aliphatic heterocycles. The van der Waals surface area contributed by atoms with Gasteiger partial charge in [0.2, 0.25) is 0 Å². The summed E-state index contributed by atoms with van der Waals surface area (Å²) in [7, 11) is 1.49. The van der Waals surface area contributed by atoms with Crippen molar-refractivity contribution in [1.82, 2.24) is 0 Å². The van der Waals surface area contributed by atoms with Crippen LogP contribution in [0.2, 0.25) is 0 Å². The zero-order valence-corrected chi connectivity index (χ0v) is 12.2. The van der Waals surface area contributed by atoms with Gasteiger partial charge in [-0.3, -0.25) is 4.79 Å². The molecule has 0 aliphatic rings. The maximum absolute atomic E-state index is 11.1. The van der Waals surface area contributed by atoms with Crippen molar-refractivity contribution in [3.05, 3.63) is 0 Å². The maximum atomic E-state index is 11.1. The molecule has 8 heteroatoms. The standard InChI is InChI=1S/C9H20NOS.ClHO4/c1-5-6-9(11)12-8-7-10(2,3)4;2-1(3,4)5/h5-8H2,1-4H3;(H,2,3,4,5)/q+1;/p-1. The van der Waals surface area contributed by atoms with Gasteiger partial charge in [-0.25, -0.2) is 18.6 Å². The number of rotatable bonds is 5. The fourth-order valence-corrected chi connectivity index (χ4v) is 1.92. The summed E-state index contributed by atoms with van der Waals surface area (Å²) < 4.78 is 34.9. The molecule has 0 aromatic carbocycles. The fourth-order valence-electron chi connectivity index (χ4n) is 0.710. The van der Waals surface area contributed by atoms with Crippen LogP contribution in [0, 0.1) is 10.2 Å². The molecule has 17 heavy (non-hydrogen) atoms. The SMILES string of the molecule is CCCC(=O)SCC[N+](C)(C)C.[O-][Cl+3]([O-])([O-])[O-]. The minimum absolute atomic E-state index is 0.339. The van der Waals surface area contributed by atoms with Gasteiger partial charge in [0.1, 0.15) is 0 Å². The first kappa shape index (κ1) is 19.4. The van der Waals surface area contributed by atoms with Gasteiger partial charge >= 0.3 is 0 Å². The molecule has 0 fully saturated rings. The summed E-state index contributed by atoms with van der Waals surface area (Å²) in [5, 5.41) is 0.339. The third kappa shape index (κ3) is 31.4. The highest BCUT2D eigenvalue weighted by Gasteiger charge is 2.08. The first-order chi connectivity index (χ1) is 7.45. The summed E-state index contributed by atoms with van der Waals surface area (Å²) in [6.07, 6.45) is 1.69. The van der Waals surface area contributed by atoms with Gasteiger partial charge in [-0.1, -0.05) is 18.7 Å². The molecular formula is C9H20ClNO5S. The van der Waals surface area contributed by atoms with Gasteiger partial charge in [0, 0.05) is 6.42 Å². The number of thioether (sulfide) groups is 1. The minimum Gasteiger partial charge on any atom is -0.330 e. The van der Waals surface area contributed by atoms with Gasteiger partial charge < -0.3 is 4.48 Å². The van der Waals surface area contributed by atoms with E-state index in [9.17, 15) is 4.79 Å². The summed E-state index contributed by atoms with van der Waals surface area (Å²) in [6, 6.07) is 0. The number of hydrogen-bond donors (Lipinski definition) is 0. The van der Waals surface area contributed by atoms with Crippen LogP contribution in [0.1, 0.15) is 19.8 Å². The second kappa shape index (κ2) is 9.09. The van der Waals surface area contributed by atoms with E-state index in [2.05, 4.69) is 21.1 Å². The Balaban J connectivity index is 0. The van der Waals surface area contributed by atoms with Gasteiger partial charge in [-0.2, -0.15) is 0 Å². The first-order valence-corrected chi connectivity index (χ1v) is 7.25. The van der Waals surface area contributed by atoms with Crippen molar-refractivity contribution in [2.24, 2.45) is 0 Å². The highest BCUT2D eigenvalue weighted by atomic mass is 35.7. The lowest BCUT2D eigenvalue weighted by Crippen LogP contribution is -2.68. The summed E-state index contributed by atoms with van der Waals surface area (Å²) >= 11 is 1.47. The molecule has 104 valence electrons. The van der Waals surface area contributed by atoms with Gasteiger partial charge in [0.25, 0.3) is 0 Å². The second-order valence-electron chi connectivity index (χ2n) is 4.36. The van der Waals surface area contributed by atoms with Crippen molar-refractivity contribution in [2.45, 2.75) is 19.8 Å². The van der Waals surface area contributed by atoms with E-state index in [1.165, 1.54) is 11.8 Å². The Labute approximate surface area is 109 Å². The molecule has 0 saturated carbocycles. The van der Waals surface area contributed by atoms with Gasteiger partial charge in [-0.05, 0) is 6.42 Å². The summed E-state index contributed by atoms with van der Waals surface area (Å²) in [5.41, 5.74) is 0. The molecule has 0 bridgehead atoms. The van der Waals surface area contributed by atoms with E-state index in [1.54, 1.807) is 0 Å². The predicted octanol–water partition coefficient (Wildman–Crippen LogP) is -3.00. The number of carbonyl (C=O) groups is 1. The first-order valence-electron chi connectivity index (χ1n) is 5.03. The zero-order valence-electron chi connectivity index (χ0n) is 10.6. The lowest BCUT2D eigenvalue weighted by Gasteiger charge is -2.23. The number of hydrogen-bond acceptors (Lipinski definition) is 6. The van der Waals surface area contributed by atoms with Crippen LogP contribution in [-0.4, -0.2) is 43.0 Å². The van der Waals surface area contributed by atoms with Crippen molar-refractivity contribution in [3.8, 4) is 0 Å². The van der Waals surface area contributed by atoms with Crippen LogP contribution in [0.3, 0.4) is 0 Å². The van der Waals surface area contributed by atoms with Crippen molar-refractivity contribution < 1.29 is 38.2 Å². The van der Waals surface area contributed by atoms with Crippen molar-refractivity contribution >= 4 is 16.9 Å². The molecule has 6 nitrogen and oxygen atoms in total. The quantitative estimate of drug-likeness (QED) is 0.499. The lowest BCUT2D eigenvalue weighted by atomic mass is 10.4. The Kier molecular flexibility index (Phi) is 10.4. The van der Waals surface area contributed by atoms with Crippen molar-refractivity contribution in [2.75, 3.05) is 33.4 Å². The molecule has 0 unspecified atom stereocenters. The van der Waals surface area contributed by atoms with E-state index in [0.717, 1.165) is 29.6 Å². The Morgan fingerprint density at radius 1 is 1.18 bits per heavy atom. The third-order valence-electron chi connectivity index (χ3n) is 1.48. The molecule has 0 aromatic heterocycles. The van der Waals surface area contributed by atoms with E-state index in [-0.39, 0.29) is 0 Å². The number of quaternary nitrogens is 1. The second-order valence-corrected chi connectivity index (χ2v) is 6.27. The summed E-state index contributed by atoms with van der Waals surface area (Å²) in [6.45, 7) is 3.10. The molecule has 0 aromatic rings. The molecule has 0 radical (unpaired) electrons. The predicted molar refractivity (Wildman–Crippen MR) is 55.3 cm³/mol. The molecule has 0 atom stereocenters. The molecule has 0 N–H and O–H groups in total. The maximum Gasteiger partial charge on any atom is 0.189 e. The average molecular weight is 290 g/mol. The van der Waals surface area contributed by atoms with Gasteiger partial charge in [0.05, 0.1) is 33.4 Å². The fraction of sp³-hybridized carbons (Fsp3) is 0.889. The lowest BCUT2D eigenvalue weighted by molar-refractivity contribution is -2.00. The largest absolute Gasteiger partial charge is 0.330 e. The van der Waals surface area contributed by atoms with Crippen LogP contribution < -0.4 is 18.6 Å². The van der Waals surface area contributed by atoms with E-state index in [1.807, 2.05) is 6.92 Å². The number of nitrogens with zero attached hydrogens (tertiary/aromatic N) is 1.